The van der Waals surface area contributed by atoms with E-state index in [1.54, 1.807) is 6.20 Å². The summed E-state index contributed by atoms with van der Waals surface area (Å²) in [5, 5.41) is 4.24. The van der Waals surface area contributed by atoms with E-state index in [9.17, 15) is 0 Å². The molecule has 86 valence electrons. The Bertz CT molecular complexity index is 390. The monoisotopic (exact) mass is 257 g/mol. The Kier molecular flexibility index (Phi) is 2.68. The topological polar surface area (TPSA) is 37.8 Å². The van der Waals surface area contributed by atoms with E-state index in [1.165, 1.54) is 25.7 Å². The highest BCUT2D eigenvalue weighted by atomic mass is 35.5. The molecule has 0 unspecified atom stereocenters. The predicted molar refractivity (Wildman–Crippen MR) is 64.9 cm³/mol. The molecule has 2 aliphatic rings. The Morgan fingerprint density at radius 3 is 2.38 bits per heavy atom. The van der Waals surface area contributed by atoms with Gasteiger partial charge in [-0.25, -0.2) is 4.98 Å². The SMILES string of the molecule is Clc1ncc(Cl)c(NC(C2CC2)C2CC2)n1. The number of halogens is 2. The average molecular weight is 258 g/mol. The van der Waals surface area contributed by atoms with Gasteiger partial charge in [-0.15, -0.1) is 0 Å². The van der Waals surface area contributed by atoms with Crippen molar-refractivity contribution in [2.45, 2.75) is 31.7 Å². The molecule has 0 amide bonds. The molecular weight excluding hydrogens is 245 g/mol. The first kappa shape index (κ1) is 10.6. The molecule has 0 bridgehead atoms. The van der Waals surface area contributed by atoms with Crippen LogP contribution in [0.4, 0.5) is 5.82 Å². The molecule has 2 fully saturated rings. The summed E-state index contributed by atoms with van der Waals surface area (Å²) in [5.41, 5.74) is 0. The minimum atomic E-state index is 0.247. The van der Waals surface area contributed by atoms with E-state index < -0.39 is 0 Å². The lowest BCUT2D eigenvalue weighted by atomic mass is 10.1. The van der Waals surface area contributed by atoms with E-state index in [4.69, 9.17) is 23.2 Å². The van der Waals surface area contributed by atoms with Crippen LogP contribution in [0.25, 0.3) is 0 Å². The third kappa shape index (κ3) is 2.25. The molecule has 0 radical (unpaired) electrons. The summed E-state index contributed by atoms with van der Waals surface area (Å²) in [4.78, 5) is 7.99. The van der Waals surface area contributed by atoms with Gasteiger partial charge in [-0.2, -0.15) is 4.98 Å². The first-order valence-electron chi connectivity index (χ1n) is 5.68. The normalized spacial score (nSPS) is 20.2. The lowest BCUT2D eigenvalue weighted by Crippen LogP contribution is -2.25. The van der Waals surface area contributed by atoms with Crippen LogP contribution in [0, 0.1) is 11.8 Å². The maximum Gasteiger partial charge on any atom is 0.224 e. The van der Waals surface area contributed by atoms with Crippen LogP contribution in [0.1, 0.15) is 25.7 Å². The quantitative estimate of drug-likeness (QED) is 0.841. The van der Waals surface area contributed by atoms with Crippen LogP contribution in [0.3, 0.4) is 0 Å². The molecule has 1 N–H and O–H groups in total. The minimum Gasteiger partial charge on any atom is -0.365 e. The Hall–Kier alpha value is -0.540. The molecule has 0 atom stereocenters. The van der Waals surface area contributed by atoms with E-state index in [0.29, 0.717) is 16.9 Å². The molecule has 0 aromatic carbocycles. The fourth-order valence-corrected chi connectivity index (χ4v) is 2.41. The summed E-state index contributed by atoms with van der Waals surface area (Å²) in [6.45, 7) is 0. The van der Waals surface area contributed by atoms with Crippen molar-refractivity contribution in [3.63, 3.8) is 0 Å². The number of hydrogen-bond acceptors (Lipinski definition) is 3. The summed E-state index contributed by atoms with van der Waals surface area (Å²) in [6.07, 6.45) is 6.85. The number of aromatic nitrogens is 2. The van der Waals surface area contributed by atoms with Crippen LogP contribution >= 0.6 is 23.2 Å². The van der Waals surface area contributed by atoms with Crippen LogP contribution in [-0.4, -0.2) is 16.0 Å². The minimum absolute atomic E-state index is 0.247. The van der Waals surface area contributed by atoms with Gasteiger partial charge in [0.15, 0.2) is 0 Å². The van der Waals surface area contributed by atoms with Gasteiger partial charge in [0.05, 0.1) is 6.20 Å². The number of nitrogens with one attached hydrogen (secondary N) is 1. The summed E-state index contributed by atoms with van der Waals surface area (Å²) >= 11 is 11.8. The highest BCUT2D eigenvalue weighted by molar-refractivity contribution is 6.33. The summed E-state index contributed by atoms with van der Waals surface area (Å²) in [5.74, 6) is 2.29. The molecule has 1 aromatic heterocycles. The van der Waals surface area contributed by atoms with Gasteiger partial charge in [0.1, 0.15) is 10.8 Å². The summed E-state index contributed by atoms with van der Waals surface area (Å²) in [7, 11) is 0. The predicted octanol–water partition coefficient (Wildman–Crippen LogP) is 3.38. The number of hydrogen-bond donors (Lipinski definition) is 1. The van der Waals surface area contributed by atoms with E-state index >= 15 is 0 Å². The van der Waals surface area contributed by atoms with Crippen molar-refractivity contribution in [3.8, 4) is 0 Å². The smallest absolute Gasteiger partial charge is 0.224 e. The van der Waals surface area contributed by atoms with Gasteiger partial charge in [-0.1, -0.05) is 11.6 Å². The maximum absolute atomic E-state index is 6.04. The van der Waals surface area contributed by atoms with E-state index in [2.05, 4.69) is 15.3 Å². The van der Waals surface area contributed by atoms with Crippen molar-refractivity contribution in [2.24, 2.45) is 11.8 Å². The molecule has 2 aliphatic carbocycles. The van der Waals surface area contributed by atoms with Crippen molar-refractivity contribution in [1.29, 1.82) is 0 Å². The Morgan fingerprint density at radius 1 is 1.19 bits per heavy atom. The van der Waals surface area contributed by atoms with Crippen LogP contribution in [0.2, 0.25) is 10.3 Å². The van der Waals surface area contributed by atoms with Gasteiger partial charge in [0, 0.05) is 6.04 Å². The fourth-order valence-electron chi connectivity index (χ4n) is 2.14. The molecule has 2 saturated carbocycles. The molecular formula is C11H13Cl2N3. The highest BCUT2D eigenvalue weighted by Crippen LogP contribution is 2.46. The van der Waals surface area contributed by atoms with Crippen molar-refractivity contribution in [1.82, 2.24) is 9.97 Å². The first-order valence-corrected chi connectivity index (χ1v) is 6.44. The zero-order chi connectivity index (χ0) is 11.1. The third-order valence-corrected chi connectivity index (χ3v) is 3.74. The molecule has 5 heteroatoms. The number of nitrogens with zero attached hydrogens (tertiary/aromatic N) is 2. The second kappa shape index (κ2) is 4.04. The molecule has 16 heavy (non-hydrogen) atoms. The molecule has 0 saturated heterocycles. The van der Waals surface area contributed by atoms with Crippen LogP contribution < -0.4 is 5.32 Å². The zero-order valence-electron chi connectivity index (χ0n) is 8.79. The lowest BCUT2D eigenvalue weighted by molar-refractivity contribution is 0.565. The Morgan fingerprint density at radius 2 is 1.81 bits per heavy atom. The summed E-state index contributed by atoms with van der Waals surface area (Å²) < 4.78 is 0. The maximum atomic E-state index is 6.04. The van der Waals surface area contributed by atoms with Crippen LogP contribution in [-0.2, 0) is 0 Å². The number of rotatable bonds is 4. The van der Waals surface area contributed by atoms with Crippen molar-refractivity contribution in [3.05, 3.63) is 16.5 Å². The standard InChI is InChI=1S/C11H13Cl2N3/c12-8-5-14-11(13)16-10(8)15-9(6-1-2-6)7-3-4-7/h5-7,9H,1-4H2,(H,14,15,16). The average Bonchev–Trinajstić information content (AvgIpc) is 3.13. The van der Waals surface area contributed by atoms with E-state index in [-0.39, 0.29) is 5.28 Å². The van der Waals surface area contributed by atoms with Gasteiger partial charge >= 0.3 is 0 Å². The van der Waals surface area contributed by atoms with Crippen molar-refractivity contribution in [2.75, 3.05) is 5.32 Å². The molecule has 3 nitrogen and oxygen atoms in total. The second-order valence-corrected chi connectivity index (χ2v) is 5.43. The van der Waals surface area contributed by atoms with Crippen LogP contribution in [0.15, 0.2) is 6.20 Å². The lowest BCUT2D eigenvalue weighted by Gasteiger charge is -2.18. The van der Waals surface area contributed by atoms with E-state index in [0.717, 1.165) is 11.8 Å². The third-order valence-electron chi connectivity index (χ3n) is 3.28. The second-order valence-electron chi connectivity index (χ2n) is 4.68. The molecule has 0 aliphatic heterocycles. The van der Waals surface area contributed by atoms with Crippen molar-refractivity contribution < 1.29 is 0 Å². The zero-order valence-corrected chi connectivity index (χ0v) is 10.3. The Labute approximate surface area is 105 Å². The van der Waals surface area contributed by atoms with Gasteiger partial charge in [-0.3, -0.25) is 0 Å². The van der Waals surface area contributed by atoms with Gasteiger partial charge in [0.2, 0.25) is 5.28 Å². The van der Waals surface area contributed by atoms with E-state index in [1.807, 2.05) is 0 Å². The summed E-state index contributed by atoms with van der Waals surface area (Å²) in [6, 6.07) is 0.531. The fraction of sp³-hybridized carbons (Fsp3) is 0.636. The van der Waals surface area contributed by atoms with Crippen molar-refractivity contribution >= 4 is 29.0 Å². The number of anilines is 1. The Balaban J connectivity index is 1.78. The van der Waals surface area contributed by atoms with Gasteiger partial charge in [-0.05, 0) is 49.1 Å². The highest BCUT2D eigenvalue weighted by Gasteiger charge is 2.41. The van der Waals surface area contributed by atoms with Gasteiger partial charge < -0.3 is 5.32 Å². The first-order chi connectivity index (χ1) is 7.74. The van der Waals surface area contributed by atoms with Gasteiger partial charge in [0.25, 0.3) is 0 Å². The largest absolute Gasteiger partial charge is 0.365 e. The van der Waals surface area contributed by atoms with Crippen LogP contribution in [0.5, 0.6) is 0 Å². The molecule has 1 heterocycles. The molecule has 1 aromatic rings. The molecule has 0 spiro atoms. The molecule has 3 rings (SSSR count).